The fraction of sp³-hybridized carbons (Fsp3) is 0.263. The summed E-state index contributed by atoms with van der Waals surface area (Å²) in [6, 6.07) is 11.5. The van der Waals surface area contributed by atoms with Gasteiger partial charge in [-0.05, 0) is 42.2 Å². The van der Waals surface area contributed by atoms with Gasteiger partial charge in [-0.1, -0.05) is 30.3 Å². The van der Waals surface area contributed by atoms with Gasteiger partial charge in [0.05, 0.1) is 0 Å². The normalized spacial score (nSPS) is 10.2. The molecule has 2 aromatic rings. The van der Waals surface area contributed by atoms with Gasteiger partial charge >= 0.3 is 5.97 Å². The van der Waals surface area contributed by atoms with Gasteiger partial charge in [0.2, 0.25) is 0 Å². The quantitative estimate of drug-likeness (QED) is 0.463. The number of hydrogen-bond acceptors (Lipinski definition) is 4. The predicted octanol–water partition coefficient (Wildman–Crippen LogP) is 3.72. The molecule has 0 aliphatic rings. The third kappa shape index (κ3) is 3.97. The molecule has 0 spiro atoms. The Bertz CT molecular complexity index is 719. The van der Waals surface area contributed by atoms with Crippen LogP contribution in [0.1, 0.15) is 28.4 Å². The molecule has 0 aliphatic carbocycles. The van der Waals surface area contributed by atoms with Crippen LogP contribution >= 0.6 is 0 Å². The van der Waals surface area contributed by atoms with Crippen LogP contribution in [-0.4, -0.2) is 25.5 Å². The Morgan fingerprint density at radius 3 is 2.30 bits per heavy atom. The molecule has 2 aromatic carbocycles. The minimum Gasteiger partial charge on any atom is -0.490 e. The lowest BCUT2D eigenvalue weighted by Gasteiger charge is -2.15. The maximum atomic E-state index is 11.1. The van der Waals surface area contributed by atoms with E-state index in [1.807, 2.05) is 44.2 Å². The van der Waals surface area contributed by atoms with Gasteiger partial charge < -0.3 is 9.47 Å². The number of ether oxygens (including phenoxy) is 2. The Morgan fingerprint density at radius 2 is 1.65 bits per heavy atom. The van der Waals surface area contributed by atoms with Crippen molar-refractivity contribution in [1.82, 2.24) is 0 Å². The third-order valence-corrected chi connectivity index (χ3v) is 3.72. The SMILES string of the molecule is CC(=O)OCCOc1cccc(-c2cccc(C=O)c2C)c1C. The van der Waals surface area contributed by atoms with E-state index in [2.05, 4.69) is 0 Å². The highest BCUT2D eigenvalue weighted by atomic mass is 16.6. The van der Waals surface area contributed by atoms with Crippen molar-refractivity contribution in [3.8, 4) is 16.9 Å². The molecule has 0 aliphatic heterocycles. The van der Waals surface area contributed by atoms with E-state index in [-0.39, 0.29) is 12.6 Å². The van der Waals surface area contributed by atoms with Gasteiger partial charge in [-0.15, -0.1) is 0 Å². The Morgan fingerprint density at radius 1 is 1.00 bits per heavy atom. The Kier molecular flexibility index (Phi) is 5.52. The zero-order valence-electron chi connectivity index (χ0n) is 13.6. The number of rotatable bonds is 6. The second-order valence-electron chi connectivity index (χ2n) is 5.25. The van der Waals surface area contributed by atoms with Crippen molar-refractivity contribution in [2.24, 2.45) is 0 Å². The van der Waals surface area contributed by atoms with Crippen molar-refractivity contribution in [1.29, 1.82) is 0 Å². The standard InChI is InChI=1S/C19H20O4/c1-13-16(12-20)6-4-7-17(13)18-8-5-9-19(14(18)2)23-11-10-22-15(3)21/h4-9,12H,10-11H2,1-3H3. The third-order valence-electron chi connectivity index (χ3n) is 3.72. The number of carbonyl (C=O) groups is 2. The van der Waals surface area contributed by atoms with E-state index < -0.39 is 0 Å². The molecule has 0 saturated heterocycles. The first-order chi connectivity index (χ1) is 11.0. The number of esters is 1. The topological polar surface area (TPSA) is 52.6 Å². The second-order valence-corrected chi connectivity index (χ2v) is 5.25. The Balaban J connectivity index is 2.26. The lowest BCUT2D eigenvalue weighted by Crippen LogP contribution is -2.10. The van der Waals surface area contributed by atoms with Crippen LogP contribution < -0.4 is 4.74 Å². The first-order valence-electron chi connectivity index (χ1n) is 7.45. The fourth-order valence-corrected chi connectivity index (χ4v) is 2.47. The van der Waals surface area contributed by atoms with Crippen LogP contribution in [0.4, 0.5) is 0 Å². The molecular weight excluding hydrogens is 292 g/mol. The van der Waals surface area contributed by atoms with Crippen molar-refractivity contribution >= 4 is 12.3 Å². The maximum absolute atomic E-state index is 11.1. The monoisotopic (exact) mass is 312 g/mol. The van der Waals surface area contributed by atoms with Gasteiger partial charge in [-0.25, -0.2) is 0 Å². The minimum atomic E-state index is -0.319. The van der Waals surface area contributed by atoms with Gasteiger partial charge in [0.1, 0.15) is 25.2 Å². The van der Waals surface area contributed by atoms with E-state index in [1.165, 1.54) is 6.92 Å². The second kappa shape index (κ2) is 7.58. The highest BCUT2D eigenvalue weighted by Gasteiger charge is 2.11. The molecule has 120 valence electrons. The first-order valence-corrected chi connectivity index (χ1v) is 7.45. The zero-order valence-corrected chi connectivity index (χ0v) is 13.6. The molecule has 0 fully saturated rings. The molecule has 0 atom stereocenters. The summed E-state index contributed by atoms with van der Waals surface area (Å²) in [5.41, 5.74) is 4.65. The molecule has 0 aromatic heterocycles. The molecule has 4 nitrogen and oxygen atoms in total. The summed E-state index contributed by atoms with van der Waals surface area (Å²) in [7, 11) is 0. The summed E-state index contributed by atoms with van der Waals surface area (Å²) in [4.78, 5) is 21.9. The van der Waals surface area contributed by atoms with Gasteiger partial charge in [-0.2, -0.15) is 0 Å². The Hall–Kier alpha value is -2.62. The van der Waals surface area contributed by atoms with Gasteiger partial charge in [-0.3, -0.25) is 9.59 Å². The van der Waals surface area contributed by atoms with Crippen molar-refractivity contribution in [2.45, 2.75) is 20.8 Å². The number of carbonyl (C=O) groups excluding carboxylic acids is 2. The summed E-state index contributed by atoms with van der Waals surface area (Å²) in [6.07, 6.45) is 0.869. The molecule has 0 heterocycles. The zero-order chi connectivity index (χ0) is 16.8. The van der Waals surface area contributed by atoms with Crippen LogP contribution in [0.15, 0.2) is 36.4 Å². The smallest absolute Gasteiger partial charge is 0.302 e. The maximum Gasteiger partial charge on any atom is 0.302 e. The van der Waals surface area contributed by atoms with Crippen molar-refractivity contribution < 1.29 is 19.1 Å². The molecule has 0 unspecified atom stereocenters. The average molecular weight is 312 g/mol. The highest BCUT2D eigenvalue weighted by Crippen LogP contribution is 2.32. The largest absolute Gasteiger partial charge is 0.490 e. The van der Waals surface area contributed by atoms with Crippen molar-refractivity contribution in [3.05, 3.63) is 53.1 Å². The van der Waals surface area contributed by atoms with Crippen LogP contribution in [0.5, 0.6) is 5.75 Å². The average Bonchev–Trinajstić information content (AvgIpc) is 2.53. The molecule has 4 heteroatoms. The lowest BCUT2D eigenvalue weighted by molar-refractivity contribution is -0.141. The summed E-state index contributed by atoms with van der Waals surface area (Å²) in [6.45, 7) is 5.81. The van der Waals surface area contributed by atoms with Crippen LogP contribution in [0.2, 0.25) is 0 Å². The molecule has 0 bridgehead atoms. The summed E-state index contributed by atoms with van der Waals surface area (Å²) >= 11 is 0. The molecule has 0 radical (unpaired) electrons. The van der Waals surface area contributed by atoms with Gasteiger partial charge in [0.25, 0.3) is 0 Å². The number of benzene rings is 2. The minimum absolute atomic E-state index is 0.221. The van der Waals surface area contributed by atoms with Crippen molar-refractivity contribution in [2.75, 3.05) is 13.2 Å². The Labute approximate surface area is 136 Å². The fourth-order valence-electron chi connectivity index (χ4n) is 2.47. The molecular formula is C19H20O4. The lowest BCUT2D eigenvalue weighted by atomic mass is 9.93. The van der Waals surface area contributed by atoms with Crippen LogP contribution in [0, 0.1) is 13.8 Å². The molecule has 0 N–H and O–H groups in total. The van der Waals surface area contributed by atoms with E-state index in [0.29, 0.717) is 12.2 Å². The van der Waals surface area contributed by atoms with E-state index >= 15 is 0 Å². The van der Waals surface area contributed by atoms with Gasteiger partial charge in [0, 0.05) is 12.5 Å². The van der Waals surface area contributed by atoms with Crippen LogP contribution in [0.3, 0.4) is 0 Å². The van der Waals surface area contributed by atoms with E-state index in [0.717, 1.165) is 34.3 Å². The van der Waals surface area contributed by atoms with Crippen LogP contribution in [0.25, 0.3) is 11.1 Å². The van der Waals surface area contributed by atoms with Crippen LogP contribution in [-0.2, 0) is 9.53 Å². The predicted molar refractivity (Wildman–Crippen MR) is 88.9 cm³/mol. The van der Waals surface area contributed by atoms with E-state index in [9.17, 15) is 9.59 Å². The molecule has 2 rings (SSSR count). The van der Waals surface area contributed by atoms with Crippen molar-refractivity contribution in [3.63, 3.8) is 0 Å². The summed E-state index contributed by atoms with van der Waals surface area (Å²) in [5, 5.41) is 0. The van der Waals surface area contributed by atoms with E-state index in [1.54, 1.807) is 6.07 Å². The molecule has 0 saturated carbocycles. The summed E-state index contributed by atoms with van der Waals surface area (Å²) in [5.74, 6) is 0.422. The number of hydrogen-bond donors (Lipinski definition) is 0. The van der Waals surface area contributed by atoms with E-state index in [4.69, 9.17) is 9.47 Å². The number of aldehydes is 1. The summed E-state index contributed by atoms with van der Waals surface area (Å²) < 4.78 is 10.6. The first kappa shape index (κ1) is 16.7. The molecule has 23 heavy (non-hydrogen) atoms. The molecule has 0 amide bonds. The highest BCUT2D eigenvalue weighted by molar-refractivity contribution is 5.84. The van der Waals surface area contributed by atoms with Gasteiger partial charge in [0.15, 0.2) is 0 Å².